The predicted molar refractivity (Wildman–Crippen MR) is 87.1 cm³/mol. The zero-order valence-electron chi connectivity index (χ0n) is 12.3. The maximum absolute atomic E-state index is 5.93. The van der Waals surface area contributed by atoms with Crippen LogP contribution < -0.4 is 10.6 Å². The second-order valence-electron chi connectivity index (χ2n) is 6.16. The van der Waals surface area contributed by atoms with Crippen molar-refractivity contribution in [1.82, 2.24) is 9.88 Å². The molecule has 2 atom stereocenters. The van der Waals surface area contributed by atoms with Gasteiger partial charge in [0.15, 0.2) is 0 Å². The van der Waals surface area contributed by atoms with Gasteiger partial charge in [0.2, 0.25) is 0 Å². The van der Waals surface area contributed by atoms with Crippen LogP contribution in [0.25, 0.3) is 0 Å². The van der Waals surface area contributed by atoms with Gasteiger partial charge in [-0.15, -0.1) is 0 Å². The molecule has 2 N–H and O–H groups in total. The number of piperidine rings is 2. The third kappa shape index (κ3) is 2.42. The van der Waals surface area contributed by atoms with Gasteiger partial charge in [0.1, 0.15) is 5.82 Å². The zero-order chi connectivity index (χ0) is 14.3. The van der Waals surface area contributed by atoms with Gasteiger partial charge in [-0.25, -0.2) is 4.98 Å². The lowest BCUT2D eigenvalue weighted by Gasteiger charge is -2.46. The molecule has 3 rings (SSSR count). The van der Waals surface area contributed by atoms with E-state index in [0.717, 1.165) is 46.6 Å². The minimum Gasteiger partial charge on any atom is -0.397 e. The van der Waals surface area contributed by atoms with Crippen LogP contribution in [-0.4, -0.2) is 42.6 Å². The molecule has 2 aliphatic rings. The maximum Gasteiger partial charge on any atom is 0.143 e. The summed E-state index contributed by atoms with van der Waals surface area (Å²) in [4.78, 5) is 9.53. The molecule has 0 aliphatic carbocycles. The minimum atomic E-state index is 0.757. The van der Waals surface area contributed by atoms with E-state index in [4.69, 9.17) is 5.73 Å². The maximum atomic E-state index is 5.93. The van der Waals surface area contributed by atoms with Crippen LogP contribution in [0.15, 0.2) is 10.7 Å². The molecule has 2 unspecified atom stereocenters. The molecule has 4 nitrogen and oxygen atoms in total. The zero-order valence-corrected chi connectivity index (χ0v) is 13.9. The van der Waals surface area contributed by atoms with Crippen molar-refractivity contribution in [2.24, 2.45) is 5.92 Å². The highest BCUT2D eigenvalue weighted by Crippen LogP contribution is 2.35. The highest BCUT2D eigenvalue weighted by atomic mass is 79.9. The van der Waals surface area contributed by atoms with E-state index in [0.29, 0.717) is 0 Å². The summed E-state index contributed by atoms with van der Waals surface area (Å²) in [5.74, 6) is 1.83. The second kappa shape index (κ2) is 5.53. The molecular formula is C15H23BrN4. The van der Waals surface area contributed by atoms with Gasteiger partial charge in [-0.3, -0.25) is 0 Å². The number of hydrogen-bond donors (Lipinski definition) is 1. The molecule has 0 bridgehead atoms. The van der Waals surface area contributed by atoms with Crippen molar-refractivity contribution in [3.63, 3.8) is 0 Å². The Morgan fingerprint density at radius 1 is 1.35 bits per heavy atom. The van der Waals surface area contributed by atoms with Crippen molar-refractivity contribution in [2.45, 2.75) is 32.2 Å². The molecule has 2 fully saturated rings. The first-order chi connectivity index (χ1) is 9.58. The van der Waals surface area contributed by atoms with Gasteiger partial charge in [0.25, 0.3) is 0 Å². The Labute approximate surface area is 129 Å². The molecule has 5 heteroatoms. The average molecular weight is 339 g/mol. The Hall–Kier alpha value is -0.810. The van der Waals surface area contributed by atoms with Crippen LogP contribution >= 0.6 is 15.9 Å². The topological polar surface area (TPSA) is 45.4 Å². The number of anilines is 2. The lowest BCUT2D eigenvalue weighted by Crippen LogP contribution is -2.53. The number of hydrogen-bond acceptors (Lipinski definition) is 4. The number of nitrogens with zero attached hydrogens (tertiary/aromatic N) is 3. The van der Waals surface area contributed by atoms with Crippen molar-refractivity contribution in [1.29, 1.82) is 0 Å². The van der Waals surface area contributed by atoms with Gasteiger partial charge in [-0.1, -0.05) is 0 Å². The summed E-state index contributed by atoms with van der Waals surface area (Å²) >= 11 is 3.67. The summed E-state index contributed by atoms with van der Waals surface area (Å²) in [5.41, 5.74) is 7.78. The third-order valence-corrected chi connectivity index (χ3v) is 5.88. The van der Waals surface area contributed by atoms with Crippen LogP contribution in [0.5, 0.6) is 0 Å². The molecule has 3 heterocycles. The number of aromatic nitrogens is 1. The van der Waals surface area contributed by atoms with Gasteiger partial charge in [0.05, 0.1) is 16.4 Å². The quantitative estimate of drug-likeness (QED) is 0.854. The fourth-order valence-electron chi connectivity index (χ4n) is 3.64. The summed E-state index contributed by atoms with van der Waals surface area (Å²) in [7, 11) is 2.27. The van der Waals surface area contributed by atoms with Crippen LogP contribution in [0.3, 0.4) is 0 Å². The Morgan fingerprint density at radius 2 is 2.15 bits per heavy atom. The van der Waals surface area contributed by atoms with Crippen molar-refractivity contribution >= 4 is 27.4 Å². The van der Waals surface area contributed by atoms with Crippen molar-refractivity contribution < 1.29 is 0 Å². The number of likely N-dealkylation sites (tertiary alicyclic amines) is 1. The summed E-state index contributed by atoms with van der Waals surface area (Å²) in [5, 5.41) is 0. The van der Waals surface area contributed by atoms with Crippen molar-refractivity contribution in [3.05, 3.63) is 16.2 Å². The fraction of sp³-hybridized carbons (Fsp3) is 0.667. The van der Waals surface area contributed by atoms with Crippen LogP contribution in [0.4, 0.5) is 11.5 Å². The SMILES string of the molecule is Cc1c(N)cnc(N2CCC3C(CCCN3C)C2)c1Br. The number of rotatable bonds is 1. The number of fused-ring (bicyclic) bond motifs is 1. The third-order valence-electron chi connectivity index (χ3n) is 4.93. The number of halogens is 1. The number of pyridine rings is 1. The van der Waals surface area contributed by atoms with Crippen LogP contribution in [0, 0.1) is 12.8 Å². The fourth-order valence-corrected chi connectivity index (χ4v) is 4.23. The van der Waals surface area contributed by atoms with Crippen LogP contribution in [-0.2, 0) is 0 Å². The average Bonchev–Trinajstić information content (AvgIpc) is 2.45. The molecule has 0 aromatic carbocycles. The van der Waals surface area contributed by atoms with E-state index < -0.39 is 0 Å². The lowest BCUT2D eigenvalue weighted by molar-refractivity contribution is 0.102. The largest absolute Gasteiger partial charge is 0.397 e. The van der Waals surface area contributed by atoms with E-state index in [2.05, 4.69) is 37.8 Å². The predicted octanol–water partition coefficient (Wildman–Crippen LogP) is 2.66. The molecule has 110 valence electrons. The van der Waals surface area contributed by atoms with Gasteiger partial charge in [-0.05, 0) is 67.2 Å². The number of nitrogens with two attached hydrogens (primary N) is 1. The van der Waals surface area contributed by atoms with Crippen molar-refractivity contribution in [3.8, 4) is 0 Å². The van der Waals surface area contributed by atoms with Crippen LogP contribution in [0.1, 0.15) is 24.8 Å². The number of nitrogen functional groups attached to an aromatic ring is 1. The molecule has 20 heavy (non-hydrogen) atoms. The van der Waals surface area contributed by atoms with Crippen LogP contribution in [0.2, 0.25) is 0 Å². The summed E-state index contributed by atoms with van der Waals surface area (Å²) in [6, 6.07) is 0.758. The molecule has 2 aliphatic heterocycles. The molecule has 0 saturated carbocycles. The van der Waals surface area contributed by atoms with E-state index in [-0.39, 0.29) is 0 Å². The van der Waals surface area contributed by atoms with E-state index in [1.807, 2.05) is 6.92 Å². The highest BCUT2D eigenvalue weighted by Gasteiger charge is 2.35. The molecule has 1 aromatic rings. The van der Waals surface area contributed by atoms with Gasteiger partial charge >= 0.3 is 0 Å². The first kappa shape index (κ1) is 14.1. The van der Waals surface area contributed by atoms with Gasteiger partial charge in [0, 0.05) is 19.1 Å². The Kier molecular flexibility index (Phi) is 3.91. The van der Waals surface area contributed by atoms with E-state index >= 15 is 0 Å². The highest BCUT2D eigenvalue weighted by molar-refractivity contribution is 9.10. The first-order valence-corrected chi connectivity index (χ1v) is 8.23. The molecule has 0 spiro atoms. The second-order valence-corrected chi connectivity index (χ2v) is 6.95. The van der Waals surface area contributed by atoms with E-state index in [9.17, 15) is 0 Å². The van der Waals surface area contributed by atoms with Gasteiger partial charge < -0.3 is 15.5 Å². The lowest BCUT2D eigenvalue weighted by atomic mass is 9.84. The summed E-state index contributed by atoms with van der Waals surface area (Å²) < 4.78 is 1.06. The Morgan fingerprint density at radius 3 is 2.95 bits per heavy atom. The normalized spacial score (nSPS) is 27.4. The summed E-state index contributed by atoms with van der Waals surface area (Å²) in [6.07, 6.45) is 5.69. The molecule has 1 aromatic heterocycles. The molecule has 0 radical (unpaired) electrons. The molecular weight excluding hydrogens is 316 g/mol. The van der Waals surface area contributed by atoms with Gasteiger partial charge in [-0.2, -0.15) is 0 Å². The summed E-state index contributed by atoms with van der Waals surface area (Å²) in [6.45, 7) is 5.50. The first-order valence-electron chi connectivity index (χ1n) is 7.43. The van der Waals surface area contributed by atoms with E-state index in [1.165, 1.54) is 25.8 Å². The molecule has 2 saturated heterocycles. The Bertz CT molecular complexity index is 505. The smallest absolute Gasteiger partial charge is 0.143 e. The monoisotopic (exact) mass is 338 g/mol. The Balaban J connectivity index is 1.81. The van der Waals surface area contributed by atoms with Crippen molar-refractivity contribution in [2.75, 3.05) is 37.3 Å². The molecule has 0 amide bonds. The standard InChI is InChI=1S/C15H23BrN4/c1-10-12(17)8-18-15(14(10)16)20-7-5-13-11(9-20)4-3-6-19(13)2/h8,11,13H,3-7,9,17H2,1-2H3. The minimum absolute atomic E-state index is 0.757. The van der Waals surface area contributed by atoms with E-state index in [1.54, 1.807) is 6.20 Å².